The van der Waals surface area contributed by atoms with E-state index in [1.54, 1.807) is 30.3 Å². The van der Waals surface area contributed by atoms with Gasteiger partial charge in [-0.05, 0) is 5.56 Å². The fourth-order valence-corrected chi connectivity index (χ4v) is 4.63. The number of aliphatic carboxylic acids is 1. The van der Waals surface area contributed by atoms with Crippen LogP contribution in [-0.4, -0.2) is 63.6 Å². The van der Waals surface area contributed by atoms with Crippen molar-refractivity contribution in [1.29, 1.82) is 0 Å². The minimum Gasteiger partial charge on any atom is -0.477 e. The molecule has 2 aliphatic heterocycles. The minimum atomic E-state index is -1.33. The third-order valence-corrected chi connectivity index (χ3v) is 6.02. The van der Waals surface area contributed by atoms with E-state index in [0.717, 1.165) is 4.90 Å². The molecule has 0 aliphatic carbocycles. The molecule has 4 amide bonds. The Labute approximate surface area is 181 Å². The van der Waals surface area contributed by atoms with Crippen molar-refractivity contribution < 1.29 is 33.8 Å². The predicted molar refractivity (Wildman–Crippen MR) is 108 cm³/mol. The van der Waals surface area contributed by atoms with Crippen LogP contribution in [0.5, 0.6) is 0 Å². The Bertz CT molecular complexity index is 965. The SMILES string of the molecule is CC(=O)OCC1=C(C(=O)O)N2C(=O)[C@H](NC(=O)C(NC(N)=O)c3ccccc3)C2SC1. The molecular weight excluding hydrogens is 428 g/mol. The van der Waals surface area contributed by atoms with Crippen LogP contribution < -0.4 is 16.4 Å². The number of hydrogen-bond donors (Lipinski definition) is 4. The number of nitrogens with one attached hydrogen (secondary N) is 2. The molecule has 1 fully saturated rings. The molecular formula is C19H20N4O7S. The first kappa shape index (κ1) is 22.2. The Balaban J connectivity index is 1.77. The summed E-state index contributed by atoms with van der Waals surface area (Å²) in [7, 11) is 0. The highest BCUT2D eigenvalue weighted by molar-refractivity contribution is 8.00. The third kappa shape index (κ3) is 4.63. The number of nitrogens with zero attached hydrogens (tertiary/aromatic N) is 1. The summed E-state index contributed by atoms with van der Waals surface area (Å²) < 4.78 is 4.88. The van der Waals surface area contributed by atoms with E-state index < -0.39 is 47.2 Å². The van der Waals surface area contributed by atoms with E-state index in [4.69, 9.17) is 10.5 Å². The number of carbonyl (C=O) groups is 5. The molecule has 3 atom stereocenters. The topological polar surface area (TPSA) is 168 Å². The van der Waals surface area contributed by atoms with Gasteiger partial charge in [-0.15, -0.1) is 11.8 Å². The number of carboxylic acids is 1. The maximum absolute atomic E-state index is 12.8. The van der Waals surface area contributed by atoms with E-state index in [9.17, 15) is 29.1 Å². The smallest absolute Gasteiger partial charge is 0.352 e. The van der Waals surface area contributed by atoms with Gasteiger partial charge in [-0.25, -0.2) is 9.59 Å². The number of fused-ring (bicyclic) bond motifs is 1. The number of hydrogen-bond acceptors (Lipinski definition) is 7. The van der Waals surface area contributed by atoms with E-state index in [1.165, 1.54) is 18.7 Å². The first-order valence-electron chi connectivity index (χ1n) is 9.15. The lowest BCUT2D eigenvalue weighted by Gasteiger charge is -2.49. The van der Waals surface area contributed by atoms with Crippen molar-refractivity contribution in [2.24, 2.45) is 5.73 Å². The van der Waals surface area contributed by atoms with Crippen LogP contribution in [-0.2, 0) is 23.9 Å². The van der Waals surface area contributed by atoms with Crippen molar-refractivity contribution in [3.63, 3.8) is 0 Å². The molecule has 1 saturated heterocycles. The summed E-state index contributed by atoms with van der Waals surface area (Å²) in [4.78, 5) is 60.7. The maximum atomic E-state index is 12.8. The molecule has 3 rings (SSSR count). The van der Waals surface area contributed by atoms with Gasteiger partial charge < -0.3 is 26.2 Å². The summed E-state index contributed by atoms with van der Waals surface area (Å²) in [6.07, 6.45) is 0. The molecule has 2 aliphatic rings. The maximum Gasteiger partial charge on any atom is 0.352 e. The molecule has 0 radical (unpaired) electrons. The van der Waals surface area contributed by atoms with E-state index in [0.29, 0.717) is 11.1 Å². The first-order chi connectivity index (χ1) is 14.7. The van der Waals surface area contributed by atoms with Gasteiger partial charge >= 0.3 is 18.0 Å². The summed E-state index contributed by atoms with van der Waals surface area (Å²) in [6.45, 7) is 0.958. The Hall–Kier alpha value is -3.54. The summed E-state index contributed by atoms with van der Waals surface area (Å²) in [5.74, 6) is -2.97. The Kier molecular flexibility index (Phi) is 6.49. The van der Waals surface area contributed by atoms with Crippen molar-refractivity contribution in [3.05, 3.63) is 47.2 Å². The van der Waals surface area contributed by atoms with E-state index in [1.807, 2.05) is 0 Å². The average molecular weight is 448 g/mol. The van der Waals surface area contributed by atoms with Crippen LogP contribution in [0.4, 0.5) is 4.79 Å². The van der Waals surface area contributed by atoms with Gasteiger partial charge in [0.05, 0.1) is 0 Å². The van der Waals surface area contributed by atoms with Gasteiger partial charge in [0.15, 0.2) is 0 Å². The molecule has 1 aromatic carbocycles. The lowest BCUT2D eigenvalue weighted by Crippen LogP contribution is -2.71. The largest absolute Gasteiger partial charge is 0.477 e. The molecule has 2 heterocycles. The van der Waals surface area contributed by atoms with Gasteiger partial charge in [0.1, 0.15) is 29.8 Å². The standard InChI is InChI=1S/C19H20N4O7S/c1-9(24)30-7-11-8-31-17-13(16(26)23(17)14(11)18(27)28)21-15(25)12(22-19(20)29)10-5-3-2-4-6-10/h2-6,12-13,17H,7-8H2,1H3,(H,21,25)(H,27,28)(H3,20,22,29)/t12?,13-,17?/m0/s1. The van der Waals surface area contributed by atoms with Crippen LogP contribution in [0, 0.1) is 0 Å². The number of rotatable bonds is 7. The van der Waals surface area contributed by atoms with Gasteiger partial charge in [-0.1, -0.05) is 30.3 Å². The molecule has 2 unspecified atom stereocenters. The molecule has 12 heteroatoms. The highest BCUT2D eigenvalue weighted by atomic mass is 32.2. The molecule has 11 nitrogen and oxygen atoms in total. The number of urea groups is 1. The van der Waals surface area contributed by atoms with Crippen LogP contribution in [0.15, 0.2) is 41.6 Å². The Morgan fingerprint density at radius 2 is 1.97 bits per heavy atom. The average Bonchev–Trinajstić information content (AvgIpc) is 2.73. The van der Waals surface area contributed by atoms with Crippen molar-refractivity contribution in [2.75, 3.05) is 12.4 Å². The highest BCUT2D eigenvalue weighted by Gasteiger charge is 2.54. The molecule has 0 spiro atoms. The van der Waals surface area contributed by atoms with E-state index in [-0.39, 0.29) is 18.1 Å². The summed E-state index contributed by atoms with van der Waals surface area (Å²) in [5, 5.41) is 13.8. The molecule has 0 saturated carbocycles. The second kappa shape index (κ2) is 9.08. The number of ether oxygens (including phenoxy) is 1. The van der Waals surface area contributed by atoms with Crippen LogP contribution in [0.1, 0.15) is 18.5 Å². The zero-order valence-corrected chi connectivity index (χ0v) is 17.2. The van der Waals surface area contributed by atoms with Gasteiger partial charge in [-0.2, -0.15) is 0 Å². The second-order valence-electron chi connectivity index (χ2n) is 6.79. The fraction of sp³-hybridized carbons (Fsp3) is 0.316. The first-order valence-corrected chi connectivity index (χ1v) is 10.2. The van der Waals surface area contributed by atoms with Gasteiger partial charge in [-0.3, -0.25) is 19.3 Å². The van der Waals surface area contributed by atoms with Crippen LogP contribution in [0.3, 0.4) is 0 Å². The van der Waals surface area contributed by atoms with E-state index >= 15 is 0 Å². The highest BCUT2D eigenvalue weighted by Crippen LogP contribution is 2.40. The summed E-state index contributed by atoms with van der Waals surface area (Å²) >= 11 is 1.23. The van der Waals surface area contributed by atoms with E-state index in [2.05, 4.69) is 10.6 Å². The van der Waals surface area contributed by atoms with Crippen LogP contribution in [0.2, 0.25) is 0 Å². The number of carbonyl (C=O) groups excluding carboxylic acids is 4. The molecule has 164 valence electrons. The monoisotopic (exact) mass is 448 g/mol. The minimum absolute atomic E-state index is 0.206. The normalized spacial score (nSPS) is 20.8. The lowest BCUT2D eigenvalue weighted by atomic mass is 10.0. The Morgan fingerprint density at radius 1 is 1.29 bits per heavy atom. The van der Waals surface area contributed by atoms with Crippen molar-refractivity contribution in [3.8, 4) is 0 Å². The number of esters is 1. The number of β-lactam (4-membered cyclic amide) rings is 1. The number of primary amides is 1. The zero-order chi connectivity index (χ0) is 22.7. The predicted octanol–water partition coefficient (Wildman–Crippen LogP) is -0.302. The molecule has 5 N–H and O–H groups in total. The van der Waals surface area contributed by atoms with Gasteiger partial charge in [0, 0.05) is 18.2 Å². The second-order valence-corrected chi connectivity index (χ2v) is 7.89. The number of benzene rings is 1. The number of carboxylic acid groups (broad SMARTS) is 1. The number of amides is 4. The quantitative estimate of drug-likeness (QED) is 0.325. The van der Waals surface area contributed by atoms with Crippen molar-refractivity contribution in [2.45, 2.75) is 24.4 Å². The molecule has 0 bridgehead atoms. The van der Waals surface area contributed by atoms with Gasteiger partial charge in [0.2, 0.25) is 5.91 Å². The van der Waals surface area contributed by atoms with Crippen molar-refractivity contribution in [1.82, 2.24) is 15.5 Å². The van der Waals surface area contributed by atoms with Crippen LogP contribution in [0.25, 0.3) is 0 Å². The van der Waals surface area contributed by atoms with Crippen LogP contribution >= 0.6 is 11.8 Å². The lowest BCUT2D eigenvalue weighted by molar-refractivity contribution is -0.151. The third-order valence-electron chi connectivity index (χ3n) is 4.68. The summed E-state index contributed by atoms with van der Waals surface area (Å²) in [6, 6.07) is 5.32. The molecule has 1 aromatic rings. The van der Waals surface area contributed by atoms with Gasteiger partial charge in [0.25, 0.3) is 5.91 Å². The fourth-order valence-electron chi connectivity index (χ4n) is 3.31. The Morgan fingerprint density at radius 3 is 2.55 bits per heavy atom. The molecule has 31 heavy (non-hydrogen) atoms. The summed E-state index contributed by atoms with van der Waals surface area (Å²) in [5.41, 5.74) is 5.68. The molecule has 0 aromatic heterocycles. The number of thioether (sulfide) groups is 1. The number of nitrogens with two attached hydrogens (primary N) is 1. The van der Waals surface area contributed by atoms with Crippen molar-refractivity contribution >= 4 is 41.5 Å². The zero-order valence-electron chi connectivity index (χ0n) is 16.4.